The number of nitrogens with zero attached hydrogens (tertiary/aromatic N) is 3. The number of nitrogens with one attached hydrogen (secondary N) is 1. The Morgan fingerprint density at radius 3 is 2.91 bits per heavy atom. The molecule has 0 bridgehead atoms. The van der Waals surface area contributed by atoms with Crippen molar-refractivity contribution in [2.75, 3.05) is 6.54 Å². The highest BCUT2D eigenvalue weighted by molar-refractivity contribution is 5.95. The third kappa shape index (κ3) is 3.63. The minimum absolute atomic E-state index is 0.118. The van der Waals surface area contributed by atoms with Crippen molar-refractivity contribution < 1.29 is 4.79 Å². The van der Waals surface area contributed by atoms with Crippen LogP contribution in [0.2, 0.25) is 0 Å². The van der Waals surface area contributed by atoms with Gasteiger partial charge in [0.15, 0.2) is 0 Å². The molecule has 0 aliphatic heterocycles. The summed E-state index contributed by atoms with van der Waals surface area (Å²) in [6.45, 7) is 0.557. The maximum Gasteiger partial charge on any atom is 0.244 e. The lowest BCUT2D eigenvalue weighted by molar-refractivity contribution is -0.116. The van der Waals surface area contributed by atoms with Crippen LogP contribution in [-0.2, 0) is 18.3 Å². The lowest BCUT2D eigenvalue weighted by atomic mass is 10.1. The molecule has 0 radical (unpaired) electrons. The Bertz CT molecular complexity index is 846. The standard InChI is InChI=1S/C18H18N4O/c1-22-13-12-19-16(22)9-11-20-17(23)8-7-15-5-2-4-14-6-3-10-21-18(14)15/h2-8,10,12-13H,9,11H2,1H3,(H,20,23)/b8-7+. The van der Waals surface area contributed by atoms with Crippen LogP contribution in [0.25, 0.3) is 17.0 Å². The number of carbonyl (C=O) groups is 1. The Kier molecular flexibility index (Phi) is 4.47. The number of amides is 1. The molecule has 3 aromatic rings. The summed E-state index contributed by atoms with van der Waals surface area (Å²) in [5, 5.41) is 3.93. The van der Waals surface area contributed by atoms with E-state index in [1.165, 1.54) is 0 Å². The monoisotopic (exact) mass is 306 g/mol. The average Bonchev–Trinajstić information content (AvgIpc) is 2.98. The number of para-hydroxylation sites is 1. The number of hydrogen-bond acceptors (Lipinski definition) is 3. The fraction of sp³-hybridized carbons (Fsp3) is 0.167. The number of hydrogen-bond donors (Lipinski definition) is 1. The molecule has 1 N–H and O–H groups in total. The zero-order valence-electron chi connectivity index (χ0n) is 12.9. The van der Waals surface area contributed by atoms with Crippen molar-refractivity contribution in [3.05, 3.63) is 66.4 Å². The normalized spacial score (nSPS) is 11.2. The fourth-order valence-corrected chi connectivity index (χ4v) is 2.42. The fourth-order valence-electron chi connectivity index (χ4n) is 2.42. The number of fused-ring (bicyclic) bond motifs is 1. The summed E-state index contributed by atoms with van der Waals surface area (Å²) < 4.78 is 1.95. The Morgan fingerprint density at radius 2 is 2.09 bits per heavy atom. The molecule has 3 rings (SSSR count). The molecule has 0 saturated heterocycles. The van der Waals surface area contributed by atoms with Gasteiger partial charge in [0.2, 0.25) is 5.91 Å². The highest BCUT2D eigenvalue weighted by Gasteiger charge is 2.02. The summed E-state index contributed by atoms with van der Waals surface area (Å²) in [6.07, 6.45) is 9.45. The first-order valence-corrected chi connectivity index (χ1v) is 7.50. The minimum atomic E-state index is -0.118. The van der Waals surface area contributed by atoms with Crippen LogP contribution in [0.15, 0.2) is 55.0 Å². The molecule has 23 heavy (non-hydrogen) atoms. The van der Waals surface area contributed by atoms with E-state index >= 15 is 0 Å². The van der Waals surface area contributed by atoms with Crippen molar-refractivity contribution in [1.29, 1.82) is 0 Å². The van der Waals surface area contributed by atoms with Crippen LogP contribution in [0.3, 0.4) is 0 Å². The Balaban J connectivity index is 1.60. The molecule has 0 spiro atoms. The third-order valence-electron chi connectivity index (χ3n) is 3.65. The smallest absolute Gasteiger partial charge is 0.244 e. The van der Waals surface area contributed by atoms with Crippen molar-refractivity contribution in [3.8, 4) is 0 Å². The third-order valence-corrected chi connectivity index (χ3v) is 3.65. The zero-order valence-corrected chi connectivity index (χ0v) is 12.9. The molecule has 0 aliphatic rings. The molecule has 1 amide bonds. The van der Waals surface area contributed by atoms with E-state index in [9.17, 15) is 4.79 Å². The zero-order chi connectivity index (χ0) is 16.1. The van der Waals surface area contributed by atoms with E-state index in [0.717, 1.165) is 22.3 Å². The summed E-state index contributed by atoms with van der Waals surface area (Å²) in [4.78, 5) is 20.5. The molecule has 1 aromatic carbocycles. The predicted molar refractivity (Wildman–Crippen MR) is 90.7 cm³/mol. The van der Waals surface area contributed by atoms with Gasteiger partial charge in [-0.25, -0.2) is 4.98 Å². The summed E-state index contributed by atoms with van der Waals surface area (Å²) in [5.41, 5.74) is 1.83. The van der Waals surface area contributed by atoms with Gasteiger partial charge < -0.3 is 9.88 Å². The summed E-state index contributed by atoms with van der Waals surface area (Å²) >= 11 is 0. The number of aryl methyl sites for hydroxylation is 1. The van der Waals surface area contributed by atoms with Crippen LogP contribution in [-0.4, -0.2) is 27.0 Å². The first kappa shape index (κ1) is 15.0. The van der Waals surface area contributed by atoms with Crippen molar-refractivity contribution in [3.63, 3.8) is 0 Å². The number of carbonyl (C=O) groups excluding carboxylic acids is 1. The van der Waals surface area contributed by atoms with Crippen molar-refractivity contribution >= 4 is 22.9 Å². The van der Waals surface area contributed by atoms with Gasteiger partial charge in [-0.2, -0.15) is 0 Å². The number of benzene rings is 1. The van der Waals surface area contributed by atoms with Gasteiger partial charge in [-0.3, -0.25) is 9.78 Å². The van der Waals surface area contributed by atoms with Gasteiger partial charge in [0.25, 0.3) is 0 Å². The first-order valence-electron chi connectivity index (χ1n) is 7.50. The van der Waals surface area contributed by atoms with Crippen LogP contribution >= 0.6 is 0 Å². The lowest BCUT2D eigenvalue weighted by Crippen LogP contribution is -2.24. The van der Waals surface area contributed by atoms with Crippen molar-refractivity contribution in [2.45, 2.75) is 6.42 Å². The number of aromatic nitrogens is 3. The van der Waals surface area contributed by atoms with E-state index < -0.39 is 0 Å². The summed E-state index contributed by atoms with van der Waals surface area (Å²) in [6, 6.07) is 9.83. The van der Waals surface area contributed by atoms with Crippen LogP contribution in [0, 0.1) is 0 Å². The number of imidazole rings is 1. The van der Waals surface area contributed by atoms with E-state index in [1.54, 1.807) is 24.5 Å². The Hall–Kier alpha value is -2.95. The molecule has 0 fully saturated rings. The molecule has 116 valence electrons. The van der Waals surface area contributed by atoms with Gasteiger partial charge in [0.1, 0.15) is 5.82 Å². The quantitative estimate of drug-likeness (QED) is 0.736. The molecule has 0 aliphatic carbocycles. The summed E-state index contributed by atoms with van der Waals surface area (Å²) in [7, 11) is 1.94. The SMILES string of the molecule is Cn1ccnc1CCNC(=O)/C=C/c1cccc2cccnc12. The molecule has 2 heterocycles. The Morgan fingerprint density at radius 1 is 1.22 bits per heavy atom. The van der Waals surface area contributed by atoms with Crippen LogP contribution in [0.1, 0.15) is 11.4 Å². The first-order chi connectivity index (χ1) is 11.2. The second-order valence-corrected chi connectivity index (χ2v) is 5.25. The molecule has 0 saturated carbocycles. The molecular weight excluding hydrogens is 288 g/mol. The topological polar surface area (TPSA) is 59.8 Å². The molecule has 5 nitrogen and oxygen atoms in total. The van der Waals surface area contributed by atoms with Gasteiger partial charge in [-0.15, -0.1) is 0 Å². The Labute approximate surface area is 134 Å². The van der Waals surface area contributed by atoms with E-state index in [0.29, 0.717) is 13.0 Å². The highest BCUT2D eigenvalue weighted by Crippen LogP contribution is 2.16. The molecule has 2 aromatic heterocycles. The van der Waals surface area contributed by atoms with Gasteiger partial charge in [0.05, 0.1) is 5.52 Å². The van der Waals surface area contributed by atoms with E-state index in [2.05, 4.69) is 15.3 Å². The van der Waals surface area contributed by atoms with Crippen LogP contribution in [0.4, 0.5) is 0 Å². The maximum atomic E-state index is 11.9. The summed E-state index contributed by atoms with van der Waals surface area (Å²) in [5.74, 6) is 0.833. The highest BCUT2D eigenvalue weighted by atomic mass is 16.1. The second-order valence-electron chi connectivity index (χ2n) is 5.25. The second kappa shape index (κ2) is 6.87. The minimum Gasteiger partial charge on any atom is -0.352 e. The molecule has 5 heteroatoms. The van der Waals surface area contributed by atoms with Gasteiger partial charge in [0, 0.05) is 55.6 Å². The number of rotatable bonds is 5. The van der Waals surface area contributed by atoms with Crippen LogP contribution < -0.4 is 5.32 Å². The number of pyridine rings is 1. The molecule has 0 atom stereocenters. The molecular formula is C18H18N4O. The van der Waals surface area contributed by atoms with E-state index in [1.807, 2.05) is 48.1 Å². The predicted octanol–water partition coefficient (Wildman–Crippen LogP) is 2.34. The lowest BCUT2D eigenvalue weighted by Gasteiger charge is -2.03. The molecule has 0 unspecified atom stereocenters. The van der Waals surface area contributed by atoms with Crippen molar-refractivity contribution in [1.82, 2.24) is 19.9 Å². The van der Waals surface area contributed by atoms with E-state index in [4.69, 9.17) is 0 Å². The van der Waals surface area contributed by atoms with Crippen LogP contribution in [0.5, 0.6) is 0 Å². The van der Waals surface area contributed by atoms with E-state index in [-0.39, 0.29) is 5.91 Å². The average molecular weight is 306 g/mol. The maximum absolute atomic E-state index is 11.9. The van der Waals surface area contributed by atoms with Gasteiger partial charge in [-0.05, 0) is 12.1 Å². The van der Waals surface area contributed by atoms with Gasteiger partial charge in [-0.1, -0.05) is 24.3 Å². The largest absolute Gasteiger partial charge is 0.352 e. The van der Waals surface area contributed by atoms with Gasteiger partial charge >= 0.3 is 0 Å². The van der Waals surface area contributed by atoms with Crippen molar-refractivity contribution in [2.24, 2.45) is 7.05 Å².